The van der Waals surface area contributed by atoms with Gasteiger partial charge in [0.15, 0.2) is 0 Å². The Morgan fingerprint density at radius 2 is 1.44 bits per heavy atom. The van der Waals surface area contributed by atoms with Crippen molar-refractivity contribution in [3.63, 3.8) is 0 Å². The number of nitrogens with zero attached hydrogens (tertiary/aromatic N) is 1. The molecule has 0 saturated carbocycles. The van der Waals surface area contributed by atoms with Gasteiger partial charge in [0.25, 0.3) is 0 Å². The van der Waals surface area contributed by atoms with Crippen molar-refractivity contribution >= 4 is 17.7 Å². The van der Waals surface area contributed by atoms with Crippen LogP contribution in [0.3, 0.4) is 0 Å². The molecular formula is C28H33NO5. The summed E-state index contributed by atoms with van der Waals surface area (Å²) in [6, 6.07) is 18.5. The molecule has 3 rings (SSSR count). The fourth-order valence-corrected chi connectivity index (χ4v) is 3.52. The fraction of sp³-hybridized carbons (Fsp3) is 0.321. The highest BCUT2D eigenvalue weighted by molar-refractivity contribution is 6.08. The lowest BCUT2D eigenvalue weighted by Gasteiger charge is -2.09. The minimum Gasteiger partial charge on any atom is -0.481 e. The molecule has 1 atom stereocenters. The van der Waals surface area contributed by atoms with Crippen LogP contribution in [0.4, 0.5) is 0 Å². The topological polar surface area (TPSA) is 96.6 Å². The Bertz CT molecular complexity index is 1120. The van der Waals surface area contributed by atoms with Gasteiger partial charge in [0.1, 0.15) is 0 Å². The quantitative estimate of drug-likeness (QED) is 0.444. The molecule has 6 heteroatoms. The fourth-order valence-electron chi connectivity index (χ4n) is 3.52. The minimum atomic E-state index is -0.907. The molecule has 180 valence electrons. The molecule has 1 unspecified atom stereocenters. The van der Waals surface area contributed by atoms with Crippen molar-refractivity contribution in [1.29, 1.82) is 0 Å². The standard InChI is InChI=1S/C15H15NO3.C13H18O2/c1-10-3-5-11(6-4-10)15(19)13-8-7-12(16(13)2)9-14(17)18;1-9(2)8-11-4-6-12(7-5-11)10(3)13(14)15/h3-8H,9H2,1-2H3,(H,17,18);4-7,9-10H,8H2,1-3H3,(H,14,15). The van der Waals surface area contributed by atoms with Crippen molar-refractivity contribution in [3.05, 3.63) is 94.3 Å². The summed E-state index contributed by atoms with van der Waals surface area (Å²) in [6.07, 6.45) is 0.958. The van der Waals surface area contributed by atoms with E-state index in [1.165, 1.54) is 5.56 Å². The lowest BCUT2D eigenvalue weighted by atomic mass is 9.97. The Labute approximate surface area is 200 Å². The summed E-state index contributed by atoms with van der Waals surface area (Å²) in [6.45, 7) is 8.02. The number of aromatic nitrogens is 1. The highest BCUT2D eigenvalue weighted by Gasteiger charge is 2.16. The van der Waals surface area contributed by atoms with Gasteiger partial charge in [0.2, 0.25) is 5.78 Å². The molecule has 34 heavy (non-hydrogen) atoms. The molecule has 2 N–H and O–H groups in total. The summed E-state index contributed by atoms with van der Waals surface area (Å²) < 4.78 is 1.64. The summed E-state index contributed by atoms with van der Waals surface area (Å²) in [4.78, 5) is 33.8. The van der Waals surface area contributed by atoms with Crippen LogP contribution in [-0.2, 0) is 29.5 Å². The van der Waals surface area contributed by atoms with Gasteiger partial charge in [-0.2, -0.15) is 0 Å². The van der Waals surface area contributed by atoms with Crippen LogP contribution in [-0.4, -0.2) is 32.5 Å². The first-order valence-corrected chi connectivity index (χ1v) is 11.3. The summed E-state index contributed by atoms with van der Waals surface area (Å²) >= 11 is 0. The SMILES string of the molecule is CC(C)Cc1ccc(C(C)C(=O)O)cc1.Cc1ccc(C(=O)c2ccc(CC(=O)O)n2C)cc1. The van der Waals surface area contributed by atoms with E-state index in [-0.39, 0.29) is 12.2 Å². The number of carbonyl (C=O) groups is 3. The van der Waals surface area contributed by atoms with E-state index in [0.29, 0.717) is 22.9 Å². The Morgan fingerprint density at radius 1 is 0.853 bits per heavy atom. The van der Waals surface area contributed by atoms with Crippen LogP contribution in [0.5, 0.6) is 0 Å². The number of carboxylic acid groups (broad SMARTS) is 2. The van der Waals surface area contributed by atoms with Crippen LogP contribution < -0.4 is 0 Å². The second kappa shape index (κ2) is 12.0. The van der Waals surface area contributed by atoms with Gasteiger partial charge in [-0.05, 0) is 49.4 Å². The molecule has 0 fully saturated rings. The first kappa shape index (κ1) is 26.6. The maximum absolute atomic E-state index is 12.3. The lowest BCUT2D eigenvalue weighted by molar-refractivity contribution is -0.138. The molecule has 6 nitrogen and oxygen atoms in total. The van der Waals surface area contributed by atoms with E-state index < -0.39 is 17.9 Å². The average Bonchev–Trinajstić information content (AvgIpc) is 3.13. The molecule has 0 bridgehead atoms. The summed E-state index contributed by atoms with van der Waals surface area (Å²) in [5.74, 6) is -1.56. The van der Waals surface area contributed by atoms with Gasteiger partial charge in [0, 0.05) is 18.3 Å². The predicted molar refractivity (Wildman–Crippen MR) is 132 cm³/mol. The second-order valence-corrected chi connectivity index (χ2v) is 8.93. The zero-order valence-electron chi connectivity index (χ0n) is 20.4. The first-order chi connectivity index (χ1) is 16.0. The van der Waals surface area contributed by atoms with Crippen molar-refractivity contribution in [2.75, 3.05) is 0 Å². The highest BCUT2D eigenvalue weighted by Crippen LogP contribution is 2.17. The van der Waals surface area contributed by atoms with E-state index in [0.717, 1.165) is 17.5 Å². The summed E-state index contributed by atoms with van der Waals surface area (Å²) in [7, 11) is 1.71. The van der Waals surface area contributed by atoms with Crippen LogP contribution in [0, 0.1) is 12.8 Å². The van der Waals surface area contributed by atoms with Crippen LogP contribution in [0.2, 0.25) is 0 Å². The van der Waals surface area contributed by atoms with Gasteiger partial charge in [-0.25, -0.2) is 0 Å². The third kappa shape index (κ3) is 7.44. The van der Waals surface area contributed by atoms with Gasteiger partial charge in [0.05, 0.1) is 18.0 Å². The number of ketones is 1. The summed E-state index contributed by atoms with van der Waals surface area (Å²) in [5.41, 5.74) is 4.95. The Kier molecular flexibility index (Phi) is 9.36. The Hall–Kier alpha value is -3.67. The van der Waals surface area contributed by atoms with Gasteiger partial charge < -0.3 is 14.8 Å². The van der Waals surface area contributed by atoms with E-state index in [1.54, 1.807) is 42.8 Å². The van der Waals surface area contributed by atoms with E-state index in [4.69, 9.17) is 10.2 Å². The average molecular weight is 464 g/mol. The van der Waals surface area contributed by atoms with E-state index >= 15 is 0 Å². The third-order valence-electron chi connectivity index (χ3n) is 5.60. The number of hydrogen-bond donors (Lipinski definition) is 2. The molecule has 0 spiro atoms. The van der Waals surface area contributed by atoms with E-state index in [2.05, 4.69) is 13.8 Å². The maximum atomic E-state index is 12.3. The van der Waals surface area contributed by atoms with Gasteiger partial charge in [-0.3, -0.25) is 14.4 Å². The van der Waals surface area contributed by atoms with Crippen LogP contribution in [0.25, 0.3) is 0 Å². The third-order valence-corrected chi connectivity index (χ3v) is 5.60. The van der Waals surface area contributed by atoms with Crippen molar-refractivity contribution < 1.29 is 24.6 Å². The molecule has 3 aromatic rings. The first-order valence-electron chi connectivity index (χ1n) is 11.3. The molecular weight excluding hydrogens is 430 g/mol. The van der Waals surface area contributed by atoms with Crippen molar-refractivity contribution in [1.82, 2.24) is 4.57 Å². The number of carbonyl (C=O) groups excluding carboxylic acids is 1. The van der Waals surface area contributed by atoms with Crippen molar-refractivity contribution in [2.45, 2.75) is 46.5 Å². The molecule has 2 aromatic carbocycles. The van der Waals surface area contributed by atoms with Crippen molar-refractivity contribution in [3.8, 4) is 0 Å². The predicted octanol–water partition coefficient (Wildman–Crippen LogP) is 5.26. The molecule has 0 aliphatic rings. The number of aliphatic carboxylic acids is 2. The smallest absolute Gasteiger partial charge is 0.310 e. The summed E-state index contributed by atoms with van der Waals surface area (Å²) in [5, 5.41) is 17.6. The number of carboxylic acids is 2. The normalized spacial score (nSPS) is 11.5. The molecule has 1 aromatic heterocycles. The number of hydrogen-bond acceptors (Lipinski definition) is 3. The van der Waals surface area contributed by atoms with E-state index in [1.807, 2.05) is 43.3 Å². The van der Waals surface area contributed by atoms with Crippen LogP contribution in [0.1, 0.15) is 65.1 Å². The van der Waals surface area contributed by atoms with Gasteiger partial charge >= 0.3 is 11.9 Å². The molecule has 1 heterocycles. The monoisotopic (exact) mass is 463 g/mol. The minimum absolute atomic E-state index is 0.0856. The lowest BCUT2D eigenvalue weighted by Crippen LogP contribution is -2.11. The molecule has 0 aliphatic carbocycles. The number of aryl methyl sites for hydroxylation is 1. The molecule has 0 aliphatic heterocycles. The number of benzene rings is 2. The molecule has 0 radical (unpaired) electrons. The largest absolute Gasteiger partial charge is 0.481 e. The van der Waals surface area contributed by atoms with E-state index in [9.17, 15) is 14.4 Å². The van der Waals surface area contributed by atoms with Crippen LogP contribution in [0.15, 0.2) is 60.7 Å². The molecule has 0 amide bonds. The van der Waals surface area contributed by atoms with Gasteiger partial charge in [-0.15, -0.1) is 0 Å². The Balaban J connectivity index is 0.000000248. The molecule has 0 saturated heterocycles. The van der Waals surface area contributed by atoms with Gasteiger partial charge in [-0.1, -0.05) is 67.9 Å². The maximum Gasteiger partial charge on any atom is 0.310 e. The van der Waals surface area contributed by atoms with Crippen LogP contribution >= 0.6 is 0 Å². The number of rotatable bonds is 8. The van der Waals surface area contributed by atoms with Crippen molar-refractivity contribution in [2.24, 2.45) is 13.0 Å². The Morgan fingerprint density at radius 3 is 1.94 bits per heavy atom. The zero-order valence-corrected chi connectivity index (χ0v) is 20.4. The second-order valence-electron chi connectivity index (χ2n) is 8.93. The zero-order chi connectivity index (χ0) is 25.4. The highest BCUT2D eigenvalue weighted by atomic mass is 16.4.